The van der Waals surface area contributed by atoms with Crippen LogP contribution < -0.4 is 10.7 Å². The lowest BCUT2D eigenvalue weighted by atomic mass is 9.80. The van der Waals surface area contributed by atoms with Crippen LogP contribution >= 0.6 is 11.3 Å². The number of nitrogens with zero attached hydrogens (tertiary/aromatic N) is 2. The molecule has 1 saturated heterocycles. The van der Waals surface area contributed by atoms with Crippen LogP contribution in [0.25, 0.3) is 10.4 Å². The third kappa shape index (κ3) is 4.01. The van der Waals surface area contributed by atoms with Crippen LogP contribution in [0.15, 0.2) is 34.4 Å². The molecule has 0 unspecified atom stereocenters. The van der Waals surface area contributed by atoms with E-state index in [1.54, 1.807) is 31.3 Å². The Hall–Kier alpha value is -2.41. The first-order valence-electron chi connectivity index (χ1n) is 9.99. The van der Waals surface area contributed by atoms with Crippen molar-refractivity contribution in [3.63, 3.8) is 0 Å². The molecule has 0 spiro atoms. The van der Waals surface area contributed by atoms with Gasteiger partial charge < -0.3 is 19.4 Å². The molecule has 0 N–H and O–H groups in total. The number of aromatic nitrogens is 1. The van der Waals surface area contributed by atoms with Gasteiger partial charge in [-0.15, -0.1) is 11.3 Å². The quantitative estimate of drug-likeness (QED) is 0.751. The Labute approximate surface area is 173 Å². The van der Waals surface area contributed by atoms with Crippen LogP contribution in [0.3, 0.4) is 0 Å². The fraction of sp³-hybridized carbons (Fsp3) is 0.500. The summed E-state index contributed by atoms with van der Waals surface area (Å²) in [5.74, 6) is -0.796. The third-order valence-electron chi connectivity index (χ3n) is 5.98. The van der Waals surface area contributed by atoms with Gasteiger partial charge in [0.05, 0.1) is 0 Å². The summed E-state index contributed by atoms with van der Waals surface area (Å²) in [5, 5.41) is 13.0. The van der Waals surface area contributed by atoms with Gasteiger partial charge in [0.25, 0.3) is 5.56 Å². The van der Waals surface area contributed by atoms with E-state index in [-0.39, 0.29) is 36.1 Å². The number of carboxylic acid groups (broad SMARTS) is 1. The minimum atomic E-state index is -1.13. The van der Waals surface area contributed by atoms with Crippen LogP contribution in [-0.2, 0) is 16.1 Å². The molecule has 4 heterocycles. The molecular weight excluding hydrogens is 388 g/mol. The normalized spacial score (nSPS) is 21.0. The molecule has 0 aromatic carbocycles. The summed E-state index contributed by atoms with van der Waals surface area (Å²) >= 11 is 1.65. The van der Waals surface area contributed by atoms with E-state index < -0.39 is 11.4 Å². The topological polar surface area (TPSA) is 82.4 Å². The number of pyridine rings is 1. The van der Waals surface area contributed by atoms with Crippen molar-refractivity contribution in [1.29, 1.82) is 0 Å². The van der Waals surface area contributed by atoms with Gasteiger partial charge in [0.1, 0.15) is 0 Å². The second-order valence-electron chi connectivity index (χ2n) is 9.05. The molecule has 1 amide bonds. The van der Waals surface area contributed by atoms with E-state index in [4.69, 9.17) is 0 Å². The van der Waals surface area contributed by atoms with Crippen molar-refractivity contribution in [1.82, 2.24) is 9.47 Å². The highest BCUT2D eigenvalue weighted by molar-refractivity contribution is 7.13. The Kier molecular flexibility index (Phi) is 5.11. The smallest absolute Gasteiger partial charge is 0.250 e. The Bertz CT molecular complexity index is 993. The SMILES string of the molecule is CC(C)(CC(=O)[O-])CC(=O)N1C[C@@H]2C[C@H](C1)c1c(-c3cccs3)ccc(=O)n1C2. The number of carbonyl (C=O) groups excluding carboxylic acids is 2. The van der Waals surface area contributed by atoms with Crippen LogP contribution in [0, 0.1) is 11.3 Å². The van der Waals surface area contributed by atoms with Gasteiger partial charge in [0, 0.05) is 60.1 Å². The molecule has 0 saturated carbocycles. The zero-order chi connectivity index (χ0) is 20.8. The Morgan fingerprint density at radius 3 is 2.66 bits per heavy atom. The first-order chi connectivity index (χ1) is 13.7. The molecule has 1 fully saturated rings. The number of aliphatic carboxylic acids is 1. The van der Waals surface area contributed by atoms with Gasteiger partial charge in [-0.2, -0.15) is 0 Å². The molecule has 2 bridgehead atoms. The minimum absolute atomic E-state index is 0.0182. The maximum absolute atomic E-state index is 13.0. The number of hydrogen-bond donors (Lipinski definition) is 0. The second-order valence-corrected chi connectivity index (χ2v) is 9.99. The summed E-state index contributed by atoms with van der Waals surface area (Å²) in [7, 11) is 0. The molecular formula is C22H25N2O4S-. The van der Waals surface area contributed by atoms with Crippen LogP contribution in [0.1, 0.15) is 44.7 Å². The molecule has 7 heteroatoms. The first kappa shape index (κ1) is 19.9. The van der Waals surface area contributed by atoms with E-state index in [2.05, 4.69) is 6.07 Å². The molecule has 4 rings (SSSR count). The van der Waals surface area contributed by atoms with Gasteiger partial charge in [-0.1, -0.05) is 19.9 Å². The highest BCUT2D eigenvalue weighted by Gasteiger charge is 2.38. The fourth-order valence-corrected chi connectivity index (χ4v) is 5.59. The van der Waals surface area contributed by atoms with Gasteiger partial charge in [-0.3, -0.25) is 9.59 Å². The van der Waals surface area contributed by atoms with Gasteiger partial charge in [-0.05, 0) is 41.7 Å². The van der Waals surface area contributed by atoms with Gasteiger partial charge in [0.2, 0.25) is 5.91 Å². The van der Waals surface area contributed by atoms with E-state index in [1.165, 1.54) is 0 Å². The highest BCUT2D eigenvalue weighted by Crippen LogP contribution is 2.41. The molecule has 2 aromatic rings. The predicted octanol–water partition coefficient (Wildman–Crippen LogP) is 2.08. The molecule has 2 aromatic heterocycles. The Morgan fingerprint density at radius 2 is 1.97 bits per heavy atom. The summed E-state index contributed by atoms with van der Waals surface area (Å²) in [5.41, 5.74) is 1.49. The number of likely N-dealkylation sites (tertiary alicyclic amines) is 1. The van der Waals surface area contributed by atoms with Crippen molar-refractivity contribution in [3.05, 3.63) is 45.7 Å². The first-order valence-corrected chi connectivity index (χ1v) is 10.9. The molecule has 2 atom stereocenters. The van der Waals surface area contributed by atoms with Gasteiger partial charge in [-0.25, -0.2) is 0 Å². The number of carboxylic acids is 1. The molecule has 2 aliphatic rings. The molecule has 0 aliphatic carbocycles. The van der Waals surface area contributed by atoms with E-state index in [0.29, 0.717) is 19.6 Å². The van der Waals surface area contributed by atoms with Crippen molar-refractivity contribution >= 4 is 23.2 Å². The van der Waals surface area contributed by atoms with Crippen molar-refractivity contribution in [3.8, 4) is 10.4 Å². The van der Waals surface area contributed by atoms with Crippen LogP contribution in [0.4, 0.5) is 0 Å². The van der Waals surface area contributed by atoms with E-state index in [9.17, 15) is 19.5 Å². The monoisotopic (exact) mass is 413 g/mol. The summed E-state index contributed by atoms with van der Waals surface area (Å²) in [6, 6.07) is 7.62. The predicted molar refractivity (Wildman–Crippen MR) is 109 cm³/mol. The lowest BCUT2D eigenvalue weighted by Crippen LogP contribution is -2.50. The summed E-state index contributed by atoms with van der Waals surface area (Å²) < 4.78 is 1.90. The second kappa shape index (κ2) is 7.44. The average Bonchev–Trinajstić information content (AvgIpc) is 3.15. The number of hydrogen-bond acceptors (Lipinski definition) is 5. The number of piperidine rings is 1. The maximum atomic E-state index is 13.0. The molecule has 2 aliphatic heterocycles. The minimum Gasteiger partial charge on any atom is -0.550 e. The summed E-state index contributed by atoms with van der Waals surface area (Å²) in [6.07, 6.45) is 1.01. The zero-order valence-corrected chi connectivity index (χ0v) is 17.5. The molecule has 6 nitrogen and oxygen atoms in total. The lowest BCUT2D eigenvalue weighted by Gasteiger charge is -2.44. The molecule has 29 heavy (non-hydrogen) atoms. The number of thiophene rings is 1. The average molecular weight is 414 g/mol. The van der Waals surface area contributed by atoms with Gasteiger partial charge >= 0.3 is 0 Å². The summed E-state index contributed by atoms with van der Waals surface area (Å²) in [6.45, 7) is 5.38. The highest BCUT2D eigenvalue weighted by atomic mass is 32.1. The number of carbonyl (C=O) groups is 2. The zero-order valence-electron chi connectivity index (χ0n) is 16.7. The van der Waals surface area contributed by atoms with E-state index in [0.717, 1.165) is 22.6 Å². The van der Waals surface area contributed by atoms with Crippen molar-refractivity contribution < 1.29 is 14.7 Å². The number of rotatable bonds is 5. The Morgan fingerprint density at radius 1 is 1.17 bits per heavy atom. The fourth-order valence-electron chi connectivity index (χ4n) is 4.83. The largest absolute Gasteiger partial charge is 0.550 e. The van der Waals surface area contributed by atoms with Crippen molar-refractivity contribution in [2.45, 2.75) is 45.6 Å². The van der Waals surface area contributed by atoms with Crippen molar-refractivity contribution in [2.24, 2.45) is 11.3 Å². The van der Waals surface area contributed by atoms with E-state index >= 15 is 0 Å². The molecule has 0 radical (unpaired) electrons. The third-order valence-corrected chi connectivity index (χ3v) is 6.89. The van der Waals surface area contributed by atoms with Crippen LogP contribution in [0.2, 0.25) is 0 Å². The Balaban J connectivity index is 1.61. The van der Waals surface area contributed by atoms with Crippen LogP contribution in [0.5, 0.6) is 0 Å². The maximum Gasteiger partial charge on any atom is 0.250 e. The summed E-state index contributed by atoms with van der Waals surface area (Å²) in [4.78, 5) is 39.5. The van der Waals surface area contributed by atoms with E-state index in [1.807, 2.05) is 27.0 Å². The van der Waals surface area contributed by atoms with Crippen LogP contribution in [-0.4, -0.2) is 34.4 Å². The van der Waals surface area contributed by atoms with Gasteiger partial charge in [0.15, 0.2) is 0 Å². The lowest BCUT2D eigenvalue weighted by molar-refractivity contribution is -0.307. The standard InChI is InChI=1S/C22H26N2O4S/c1-22(2,10-20(27)28)9-19(26)23-11-14-8-15(13-23)21-16(17-4-3-7-29-17)5-6-18(25)24(21)12-14/h3-7,14-15H,8-13H2,1-2H3,(H,27,28)/p-1/t14-,15+/m0/s1. The molecule has 154 valence electrons. The number of amides is 1. The number of fused-ring (bicyclic) bond motifs is 4. The van der Waals surface area contributed by atoms with Crippen molar-refractivity contribution in [2.75, 3.05) is 13.1 Å².